The number of rotatable bonds is 8. The Kier molecular flexibility index (Phi) is 15.8. The summed E-state index contributed by atoms with van der Waals surface area (Å²) < 4.78 is 35.4. The molecule has 0 aromatic heterocycles. The molecule has 1 aromatic carbocycles. The third-order valence-corrected chi connectivity index (χ3v) is 10.5. The Morgan fingerprint density at radius 2 is 1.98 bits per heavy atom. The minimum Gasteiger partial charge on any atom is -0.495 e. The number of hydrogen-bond acceptors (Lipinski definition) is 12. The topological polar surface area (TPSA) is 165 Å². The second-order valence-corrected chi connectivity index (χ2v) is 15.5. The number of halogens is 1. The van der Waals surface area contributed by atoms with Gasteiger partial charge in [-0.15, -0.1) is 0 Å². The summed E-state index contributed by atoms with van der Waals surface area (Å²) in [5.41, 5.74) is -0.880. The normalized spacial score (nSPS) is 31.1. The van der Waals surface area contributed by atoms with Crippen LogP contribution in [0.2, 0.25) is 5.02 Å². The Bertz CT molecular complexity index is 1570. The summed E-state index contributed by atoms with van der Waals surface area (Å²) in [5.74, 6) is -1.04. The number of alkyl carbamates (subject to hydrolysis) is 1. The molecule has 1 aromatic rings. The van der Waals surface area contributed by atoms with E-state index in [1.165, 1.54) is 49.6 Å². The SMILES string of the molecule is COc1cc2cc(c1Cl)N(C)C(=O)C[C@@H](OC(=O)[C@@H](C)NC(=O)CCSC)[C@]1(C)O[C@@H]1[C@@H](C)[C@H]1C[C@](O)(NC(=O)O1)[C@@H](OC)/C=C/C=C(\C)C2.[2H]CSC. The first-order valence-electron chi connectivity index (χ1n) is 17.8. The second kappa shape index (κ2) is 19.6. The highest BCUT2D eigenvalue weighted by atomic mass is 35.5. The molecule has 3 aliphatic rings. The zero-order chi connectivity index (χ0) is 40.4. The zero-order valence-corrected chi connectivity index (χ0v) is 34.2. The Hall–Kier alpha value is -2.95. The number of carbonyl (C=O) groups excluding carboxylic acids is 4. The minimum atomic E-state index is -1.82. The van der Waals surface area contributed by atoms with E-state index in [9.17, 15) is 24.3 Å². The molecule has 2 fully saturated rings. The second-order valence-electron chi connectivity index (χ2n) is 13.5. The fourth-order valence-electron chi connectivity index (χ4n) is 6.41. The monoisotopic (exact) mass is 800 g/mol. The molecule has 16 heteroatoms. The number of thioether (sulfide) groups is 2. The van der Waals surface area contributed by atoms with Gasteiger partial charge in [-0.05, 0) is 63.6 Å². The lowest BCUT2D eigenvalue weighted by molar-refractivity contribution is -0.157. The number of nitrogens with zero attached hydrogens (tertiary/aromatic N) is 1. The fourth-order valence-corrected chi connectivity index (χ4v) is 7.12. The minimum absolute atomic E-state index is 0.0449. The Morgan fingerprint density at radius 3 is 2.60 bits per heavy atom. The number of esters is 1. The molecule has 4 bridgehead atoms. The number of carbonyl (C=O) groups is 4. The van der Waals surface area contributed by atoms with Crippen LogP contribution in [0, 0.1) is 5.92 Å². The molecule has 3 amide bonds. The van der Waals surface area contributed by atoms with Gasteiger partial charge in [0.2, 0.25) is 11.8 Å². The molecule has 4 rings (SSSR count). The number of nitrogens with one attached hydrogen (secondary N) is 2. The maximum absolute atomic E-state index is 14.0. The van der Waals surface area contributed by atoms with E-state index in [0.29, 0.717) is 29.8 Å². The highest BCUT2D eigenvalue weighted by molar-refractivity contribution is 7.98. The van der Waals surface area contributed by atoms with Gasteiger partial charge in [0.15, 0.2) is 5.72 Å². The number of fused-ring (bicyclic) bond motifs is 5. The van der Waals surface area contributed by atoms with Crippen molar-refractivity contribution in [1.29, 1.82) is 0 Å². The standard InChI is InChI=1S/C35H48ClN3O10S.C2H6S/c1-19-10-9-11-26(46-7)35(44)18-25(47-33(43)38-35)20(2)31-34(4,49-31)27(48-32(42)21(3)37-28(40)12-13-50-8)17-29(41)39(5)23-15-22(14-19)16-24(45-6)30(23)36;1-3-2/h9-11,15-16,20-21,25-27,31,44H,12-14,17-18H2,1-8H3,(H,37,40)(H,38,43);1-2H3/b11-9+,19-10+;/t20-,21+,25+,26-,27+,31+,34-,35+;/m0./s1/i;1D. The molecular weight excluding hydrogens is 746 g/mol. The van der Waals surface area contributed by atoms with Crippen LogP contribution >= 0.6 is 35.1 Å². The molecule has 53 heavy (non-hydrogen) atoms. The van der Waals surface area contributed by atoms with Crippen LogP contribution in [0.1, 0.15) is 53.9 Å². The number of anilines is 1. The molecule has 13 nitrogen and oxygen atoms in total. The lowest BCUT2D eigenvalue weighted by Gasteiger charge is -2.42. The van der Waals surface area contributed by atoms with Crippen LogP contribution in [0.4, 0.5) is 10.5 Å². The summed E-state index contributed by atoms with van der Waals surface area (Å²) in [5, 5.41) is 17.1. The van der Waals surface area contributed by atoms with E-state index in [2.05, 4.69) is 10.6 Å². The summed E-state index contributed by atoms with van der Waals surface area (Å²) in [7, 11) is 4.49. The highest BCUT2D eigenvalue weighted by Crippen LogP contribution is 2.49. The largest absolute Gasteiger partial charge is 0.495 e. The van der Waals surface area contributed by atoms with E-state index >= 15 is 0 Å². The molecule has 3 aliphatic heterocycles. The number of hydrogen-bond donors (Lipinski definition) is 3. The third kappa shape index (κ3) is 11.3. The van der Waals surface area contributed by atoms with Crippen LogP contribution in [-0.4, -0.2) is 117 Å². The number of epoxide rings is 1. The maximum atomic E-state index is 14.0. The maximum Gasteiger partial charge on any atom is 0.409 e. The van der Waals surface area contributed by atoms with Crippen molar-refractivity contribution in [2.24, 2.45) is 5.92 Å². The van der Waals surface area contributed by atoms with Crippen LogP contribution < -0.4 is 20.3 Å². The van der Waals surface area contributed by atoms with E-state index in [4.69, 9.17) is 36.7 Å². The number of aliphatic hydroxyl groups is 1. The summed E-state index contributed by atoms with van der Waals surface area (Å²) in [6.45, 7) is 6.94. The summed E-state index contributed by atoms with van der Waals surface area (Å²) in [4.78, 5) is 54.0. The van der Waals surface area contributed by atoms with Crippen molar-refractivity contribution in [1.82, 2.24) is 10.6 Å². The number of benzene rings is 1. The number of amides is 3. The molecule has 8 atom stereocenters. The van der Waals surface area contributed by atoms with Gasteiger partial charge in [-0.1, -0.05) is 42.3 Å². The van der Waals surface area contributed by atoms with Crippen molar-refractivity contribution < 1.29 is 49.3 Å². The number of allylic oxidation sites excluding steroid dienone is 3. The molecule has 0 unspecified atom stereocenters. The first kappa shape index (κ1) is 42.8. The Morgan fingerprint density at radius 1 is 1.28 bits per heavy atom. The van der Waals surface area contributed by atoms with Gasteiger partial charge in [0, 0.05) is 40.0 Å². The molecule has 0 spiro atoms. The van der Waals surface area contributed by atoms with E-state index in [1.54, 1.807) is 45.2 Å². The smallest absolute Gasteiger partial charge is 0.409 e. The van der Waals surface area contributed by atoms with Gasteiger partial charge in [0.1, 0.15) is 40.7 Å². The average molecular weight is 801 g/mol. The molecule has 2 saturated heterocycles. The van der Waals surface area contributed by atoms with Crippen LogP contribution in [0.25, 0.3) is 0 Å². The van der Waals surface area contributed by atoms with E-state index in [1.807, 2.05) is 25.5 Å². The van der Waals surface area contributed by atoms with Crippen molar-refractivity contribution >= 4 is 64.7 Å². The molecule has 0 aliphatic carbocycles. The molecule has 3 heterocycles. The fraction of sp³-hybridized carbons (Fsp3) is 0.622. The summed E-state index contributed by atoms with van der Waals surface area (Å²) >= 11 is 9.76. The molecule has 3 N–H and O–H groups in total. The highest BCUT2D eigenvalue weighted by Gasteiger charge is 2.64. The van der Waals surface area contributed by atoms with Crippen molar-refractivity contribution in [3.05, 3.63) is 46.5 Å². The van der Waals surface area contributed by atoms with Gasteiger partial charge < -0.3 is 39.0 Å². The quantitative estimate of drug-likeness (QED) is 0.241. The lowest BCUT2D eigenvalue weighted by Crippen LogP contribution is -2.63. The van der Waals surface area contributed by atoms with Crippen molar-refractivity contribution in [3.63, 3.8) is 0 Å². The van der Waals surface area contributed by atoms with Crippen LogP contribution in [0.5, 0.6) is 5.75 Å². The van der Waals surface area contributed by atoms with Crippen LogP contribution in [0.3, 0.4) is 0 Å². The molecule has 0 saturated carbocycles. The first-order valence-corrected chi connectivity index (χ1v) is 20.3. The number of ether oxygens (including phenoxy) is 5. The van der Waals surface area contributed by atoms with Gasteiger partial charge >= 0.3 is 12.1 Å². The van der Waals surface area contributed by atoms with Gasteiger partial charge in [0.05, 0.1) is 25.3 Å². The zero-order valence-electron chi connectivity index (χ0n) is 32.9. The van der Waals surface area contributed by atoms with Crippen molar-refractivity contribution in [3.8, 4) is 5.75 Å². The predicted octanol–water partition coefficient (Wildman–Crippen LogP) is 4.90. The third-order valence-electron chi connectivity index (χ3n) is 9.47. The van der Waals surface area contributed by atoms with Gasteiger partial charge in [-0.25, -0.2) is 9.59 Å². The molecular formula is C37H54ClN3O10S2. The summed E-state index contributed by atoms with van der Waals surface area (Å²) in [6, 6.07) is 2.58. The van der Waals surface area contributed by atoms with Crippen LogP contribution in [0.15, 0.2) is 35.9 Å². The van der Waals surface area contributed by atoms with Crippen molar-refractivity contribution in [2.75, 3.05) is 50.7 Å². The average Bonchev–Trinajstić information content (AvgIpc) is 3.83. The predicted molar refractivity (Wildman–Crippen MR) is 209 cm³/mol. The van der Waals surface area contributed by atoms with E-state index in [0.717, 1.165) is 11.1 Å². The Labute approximate surface area is 327 Å². The van der Waals surface area contributed by atoms with Gasteiger partial charge in [-0.3, -0.25) is 14.9 Å². The van der Waals surface area contributed by atoms with Crippen molar-refractivity contribution in [2.45, 2.75) is 95.2 Å². The van der Waals surface area contributed by atoms with Gasteiger partial charge in [0.25, 0.3) is 0 Å². The molecule has 0 radical (unpaired) electrons. The van der Waals surface area contributed by atoms with Crippen LogP contribution in [-0.2, 0) is 39.8 Å². The van der Waals surface area contributed by atoms with E-state index in [-0.39, 0.29) is 30.2 Å². The first-order chi connectivity index (χ1) is 25.5. The molecule has 296 valence electrons. The lowest BCUT2D eigenvalue weighted by atomic mass is 9.83. The van der Waals surface area contributed by atoms with E-state index < -0.39 is 65.7 Å². The number of methoxy groups -OCH3 is 2. The van der Waals surface area contributed by atoms with Gasteiger partial charge in [-0.2, -0.15) is 23.5 Å². The summed E-state index contributed by atoms with van der Waals surface area (Å²) in [6.07, 6.45) is 5.50. The Balaban J connectivity index is 0.00000186.